The van der Waals surface area contributed by atoms with Gasteiger partial charge in [-0.3, -0.25) is 9.20 Å². The van der Waals surface area contributed by atoms with E-state index in [1.54, 1.807) is 29.6 Å². The number of hydrogen-bond donors (Lipinski definition) is 1. The predicted molar refractivity (Wildman–Crippen MR) is 102 cm³/mol. The molecule has 4 aromatic rings. The number of rotatable bonds is 4. The summed E-state index contributed by atoms with van der Waals surface area (Å²) in [5, 5.41) is 13.1. The Morgan fingerprint density at radius 3 is 2.62 bits per heavy atom. The first-order valence-corrected chi connectivity index (χ1v) is 9.47. The lowest BCUT2D eigenvalue weighted by atomic mass is 10.2. The molecule has 0 saturated carbocycles. The summed E-state index contributed by atoms with van der Waals surface area (Å²) >= 11 is 7.16. The second-order valence-corrected chi connectivity index (χ2v) is 7.28. The zero-order valence-corrected chi connectivity index (χ0v) is 16.0. The minimum absolute atomic E-state index is 0.102. The maximum Gasteiger partial charge on any atom is 0.417 e. The smallest absolute Gasteiger partial charge is 0.343 e. The van der Waals surface area contributed by atoms with Crippen LogP contribution >= 0.6 is 22.9 Å². The zero-order chi connectivity index (χ0) is 20.6. The minimum atomic E-state index is -4.49. The van der Waals surface area contributed by atoms with Crippen LogP contribution in [0.3, 0.4) is 0 Å². The van der Waals surface area contributed by atoms with Gasteiger partial charge in [-0.25, -0.2) is 4.98 Å². The lowest BCUT2D eigenvalue weighted by molar-refractivity contribution is -0.137. The minimum Gasteiger partial charge on any atom is -0.343 e. The molecular formula is C18H11ClF3N5OS. The molecule has 6 nitrogen and oxygen atoms in total. The molecule has 0 atom stereocenters. The number of alkyl halides is 3. The van der Waals surface area contributed by atoms with Crippen molar-refractivity contribution in [2.45, 2.75) is 12.7 Å². The van der Waals surface area contributed by atoms with Gasteiger partial charge in [-0.15, -0.1) is 21.5 Å². The average Bonchev–Trinajstić information content (AvgIpc) is 3.33. The van der Waals surface area contributed by atoms with Gasteiger partial charge in [0.2, 0.25) is 0 Å². The number of benzene rings is 1. The van der Waals surface area contributed by atoms with Crippen molar-refractivity contribution in [3.63, 3.8) is 0 Å². The molecule has 0 aliphatic heterocycles. The van der Waals surface area contributed by atoms with Gasteiger partial charge in [-0.2, -0.15) is 13.2 Å². The van der Waals surface area contributed by atoms with E-state index in [2.05, 4.69) is 20.5 Å². The number of halogens is 4. The molecule has 0 bridgehead atoms. The fourth-order valence-corrected chi connectivity index (χ4v) is 3.51. The number of hydrogen-bond acceptors (Lipinski definition) is 5. The molecule has 0 unspecified atom stereocenters. The van der Waals surface area contributed by atoms with Crippen LogP contribution in [0.2, 0.25) is 5.02 Å². The monoisotopic (exact) mass is 437 g/mol. The third-order valence-corrected chi connectivity index (χ3v) is 5.18. The summed E-state index contributed by atoms with van der Waals surface area (Å²) in [4.78, 5) is 16.7. The number of carbonyl (C=O) groups excluding carboxylic acids is 1. The summed E-state index contributed by atoms with van der Waals surface area (Å²) in [7, 11) is 0. The van der Waals surface area contributed by atoms with Gasteiger partial charge in [-0.05, 0) is 24.3 Å². The van der Waals surface area contributed by atoms with Crippen LogP contribution in [0.5, 0.6) is 0 Å². The highest BCUT2D eigenvalue weighted by Gasteiger charge is 2.31. The van der Waals surface area contributed by atoms with Gasteiger partial charge < -0.3 is 5.32 Å². The Morgan fingerprint density at radius 2 is 1.90 bits per heavy atom. The number of fused-ring (bicyclic) bond motifs is 1. The number of amides is 1. The van der Waals surface area contributed by atoms with E-state index in [1.807, 2.05) is 0 Å². The first-order valence-electron chi connectivity index (χ1n) is 8.22. The van der Waals surface area contributed by atoms with Crippen LogP contribution in [-0.4, -0.2) is 25.5 Å². The molecule has 0 saturated heterocycles. The summed E-state index contributed by atoms with van der Waals surface area (Å²) in [6, 6.07) is 9.19. The normalized spacial score (nSPS) is 11.7. The molecule has 3 aromatic heterocycles. The highest BCUT2D eigenvalue weighted by Crippen LogP contribution is 2.29. The van der Waals surface area contributed by atoms with Crippen molar-refractivity contribution in [3.8, 4) is 10.6 Å². The standard InChI is InChI=1S/C18H11ClF3N5OS/c19-12-4-1-10(2-5-12)17-24-13(9-29-17)16(28)23-7-15-26-25-14-6-3-11(8-27(14)15)18(20,21)22/h1-6,8-9H,7H2,(H,23,28). The molecule has 1 aromatic carbocycles. The molecule has 0 radical (unpaired) electrons. The number of nitrogens with zero attached hydrogens (tertiary/aromatic N) is 4. The van der Waals surface area contributed by atoms with Gasteiger partial charge in [0.15, 0.2) is 11.5 Å². The molecule has 0 aliphatic carbocycles. The number of carbonyl (C=O) groups is 1. The van der Waals surface area contributed by atoms with Crippen LogP contribution < -0.4 is 5.32 Å². The molecule has 148 valence electrons. The van der Waals surface area contributed by atoms with E-state index in [-0.39, 0.29) is 23.7 Å². The number of pyridine rings is 1. The molecule has 4 rings (SSSR count). The van der Waals surface area contributed by atoms with Crippen molar-refractivity contribution >= 4 is 34.5 Å². The molecule has 0 spiro atoms. The lowest BCUT2D eigenvalue weighted by Crippen LogP contribution is -2.24. The summed E-state index contributed by atoms with van der Waals surface area (Å²) in [5.74, 6) is -0.294. The van der Waals surface area contributed by atoms with Gasteiger partial charge in [0.25, 0.3) is 5.91 Å². The molecule has 11 heteroatoms. The molecule has 29 heavy (non-hydrogen) atoms. The van der Waals surface area contributed by atoms with Crippen LogP contribution in [0.15, 0.2) is 48.0 Å². The second kappa shape index (κ2) is 7.45. The maximum atomic E-state index is 12.9. The third-order valence-electron chi connectivity index (χ3n) is 4.04. The Bertz CT molecular complexity index is 1190. The highest BCUT2D eigenvalue weighted by molar-refractivity contribution is 7.13. The Morgan fingerprint density at radius 1 is 1.14 bits per heavy atom. The number of aromatic nitrogens is 4. The van der Waals surface area contributed by atoms with Gasteiger partial charge in [0, 0.05) is 22.2 Å². The van der Waals surface area contributed by atoms with Crippen LogP contribution in [0, 0.1) is 0 Å². The summed E-state index contributed by atoms with van der Waals surface area (Å²) in [6.45, 7) is -0.102. The first-order chi connectivity index (χ1) is 13.8. The largest absolute Gasteiger partial charge is 0.417 e. The van der Waals surface area contributed by atoms with E-state index in [9.17, 15) is 18.0 Å². The van der Waals surface area contributed by atoms with E-state index < -0.39 is 17.6 Å². The van der Waals surface area contributed by atoms with Gasteiger partial charge in [0.1, 0.15) is 10.7 Å². The Hall–Kier alpha value is -2.98. The average molecular weight is 438 g/mol. The van der Waals surface area contributed by atoms with Crippen LogP contribution in [-0.2, 0) is 12.7 Å². The van der Waals surface area contributed by atoms with Crippen molar-refractivity contribution in [3.05, 3.63) is 70.1 Å². The summed E-state index contributed by atoms with van der Waals surface area (Å²) in [5.41, 5.74) is 0.441. The summed E-state index contributed by atoms with van der Waals surface area (Å²) < 4.78 is 39.9. The van der Waals surface area contributed by atoms with Gasteiger partial charge in [0.05, 0.1) is 12.1 Å². The fourth-order valence-electron chi connectivity index (χ4n) is 2.58. The summed E-state index contributed by atoms with van der Waals surface area (Å²) in [6.07, 6.45) is -3.59. The molecule has 1 N–H and O–H groups in total. The zero-order valence-electron chi connectivity index (χ0n) is 14.4. The lowest BCUT2D eigenvalue weighted by Gasteiger charge is -2.07. The Labute approximate surface area is 171 Å². The fraction of sp³-hybridized carbons (Fsp3) is 0.111. The van der Waals surface area contributed by atoms with E-state index in [0.717, 1.165) is 17.8 Å². The molecule has 1 amide bonds. The van der Waals surface area contributed by atoms with Gasteiger partial charge >= 0.3 is 6.18 Å². The molecular weight excluding hydrogens is 427 g/mol. The maximum absolute atomic E-state index is 12.9. The van der Waals surface area contributed by atoms with Crippen LogP contribution in [0.25, 0.3) is 16.2 Å². The first kappa shape index (κ1) is 19.3. The predicted octanol–water partition coefficient (Wildman–Crippen LogP) is 4.46. The number of thiazole rings is 1. The van der Waals surface area contributed by atoms with E-state index in [0.29, 0.717) is 10.0 Å². The SMILES string of the molecule is O=C(NCc1nnc2ccc(C(F)(F)F)cn12)c1csc(-c2ccc(Cl)cc2)n1. The Balaban J connectivity index is 1.49. The highest BCUT2D eigenvalue weighted by atomic mass is 35.5. The van der Waals surface area contributed by atoms with Crippen molar-refractivity contribution < 1.29 is 18.0 Å². The van der Waals surface area contributed by atoms with E-state index >= 15 is 0 Å². The molecule has 0 fully saturated rings. The number of nitrogens with one attached hydrogen (secondary N) is 1. The molecule has 3 heterocycles. The van der Waals surface area contributed by atoms with Crippen LogP contribution in [0.4, 0.5) is 13.2 Å². The molecule has 0 aliphatic rings. The van der Waals surface area contributed by atoms with Crippen molar-refractivity contribution in [2.24, 2.45) is 0 Å². The second-order valence-electron chi connectivity index (χ2n) is 5.99. The van der Waals surface area contributed by atoms with E-state index in [4.69, 9.17) is 11.6 Å². The topological polar surface area (TPSA) is 72.2 Å². The van der Waals surface area contributed by atoms with Crippen molar-refractivity contribution in [1.29, 1.82) is 0 Å². The van der Waals surface area contributed by atoms with Gasteiger partial charge in [-0.1, -0.05) is 23.7 Å². The third kappa shape index (κ3) is 4.08. The van der Waals surface area contributed by atoms with E-state index in [1.165, 1.54) is 21.8 Å². The van der Waals surface area contributed by atoms with Crippen molar-refractivity contribution in [2.75, 3.05) is 0 Å². The van der Waals surface area contributed by atoms with Crippen molar-refractivity contribution in [1.82, 2.24) is 24.9 Å². The quantitative estimate of drug-likeness (QED) is 0.512. The van der Waals surface area contributed by atoms with Crippen LogP contribution in [0.1, 0.15) is 21.9 Å². The Kier molecular flexibility index (Phi) is 4.97.